The second kappa shape index (κ2) is 6.90. The molecule has 0 aliphatic carbocycles. The number of rotatable bonds is 3. The number of carbonyl (C=O) groups excluding carboxylic acids is 1. The van der Waals surface area contributed by atoms with E-state index in [9.17, 15) is 9.90 Å². The zero-order valence-corrected chi connectivity index (χ0v) is 11.0. The molecular formula is C10H12LiN3O3S. The Morgan fingerprint density at radius 3 is 2.83 bits per heavy atom. The van der Waals surface area contributed by atoms with E-state index < -0.39 is 5.97 Å². The molecule has 0 radical (unpaired) electrons. The van der Waals surface area contributed by atoms with E-state index in [0.29, 0.717) is 23.7 Å². The van der Waals surface area contributed by atoms with E-state index in [2.05, 4.69) is 14.9 Å². The molecule has 1 aliphatic heterocycles. The minimum atomic E-state index is -1.18. The Morgan fingerprint density at radius 2 is 2.22 bits per heavy atom. The molecule has 1 aromatic heterocycles. The Bertz CT molecular complexity index is 474. The Balaban J connectivity index is 0.00000162. The van der Waals surface area contributed by atoms with Crippen molar-refractivity contribution < 1.29 is 33.5 Å². The van der Waals surface area contributed by atoms with Crippen LogP contribution in [0.15, 0.2) is 6.07 Å². The summed E-state index contributed by atoms with van der Waals surface area (Å²) in [6, 6.07) is 1.72. The third-order valence-corrected chi connectivity index (χ3v) is 2.65. The molecule has 0 unspecified atom stereocenters. The van der Waals surface area contributed by atoms with Gasteiger partial charge in [0.05, 0.1) is 13.2 Å². The molecule has 1 saturated heterocycles. The Kier molecular flexibility index (Phi) is 5.82. The van der Waals surface area contributed by atoms with Crippen LogP contribution in [0.25, 0.3) is 0 Å². The summed E-state index contributed by atoms with van der Waals surface area (Å²) >= 11 is 5.01. The number of aromatic amines is 1. The second-order valence-electron chi connectivity index (χ2n) is 3.70. The van der Waals surface area contributed by atoms with Gasteiger partial charge in [-0.1, -0.05) is 12.2 Å². The van der Waals surface area contributed by atoms with Gasteiger partial charge in [-0.3, -0.25) is 0 Å². The largest absolute Gasteiger partial charge is 1.00 e. The number of hydrogen-bond acceptors (Lipinski definition) is 6. The predicted molar refractivity (Wildman–Crippen MR) is 61.2 cm³/mol. The number of aliphatic carboxylic acids is 1. The summed E-state index contributed by atoms with van der Waals surface area (Å²) in [7, 11) is 0. The van der Waals surface area contributed by atoms with Gasteiger partial charge in [-0.15, -0.1) is 0 Å². The van der Waals surface area contributed by atoms with Crippen molar-refractivity contribution in [1.82, 2.24) is 9.97 Å². The molecule has 0 spiro atoms. The first-order valence-electron chi connectivity index (χ1n) is 5.28. The van der Waals surface area contributed by atoms with Crippen molar-refractivity contribution in [3.8, 4) is 0 Å². The van der Waals surface area contributed by atoms with E-state index in [-0.39, 0.29) is 25.3 Å². The number of nitrogens with zero attached hydrogens (tertiary/aromatic N) is 2. The van der Waals surface area contributed by atoms with Crippen LogP contribution in [0.3, 0.4) is 0 Å². The fraction of sp³-hybridized carbons (Fsp3) is 0.500. The monoisotopic (exact) mass is 261 g/mol. The summed E-state index contributed by atoms with van der Waals surface area (Å²) in [5, 5.41) is 10.5. The molecule has 0 amide bonds. The Morgan fingerprint density at radius 1 is 1.56 bits per heavy atom. The van der Waals surface area contributed by atoms with Crippen molar-refractivity contribution in [2.45, 2.75) is 6.42 Å². The molecule has 2 rings (SSSR count). The minimum Gasteiger partial charge on any atom is -0.550 e. The molecule has 8 heteroatoms. The minimum absolute atomic E-state index is 0. The molecular weight excluding hydrogens is 249 g/mol. The number of ether oxygens (including phenoxy) is 1. The fourth-order valence-electron chi connectivity index (χ4n) is 1.69. The molecule has 1 fully saturated rings. The van der Waals surface area contributed by atoms with Gasteiger partial charge in [0.2, 0.25) is 0 Å². The average Bonchev–Trinajstić information content (AvgIpc) is 2.28. The van der Waals surface area contributed by atoms with Crippen molar-refractivity contribution in [2.24, 2.45) is 0 Å². The molecule has 0 aromatic carbocycles. The Hall–Kier alpha value is -0.873. The first kappa shape index (κ1) is 15.2. The Labute approximate surface area is 122 Å². The summed E-state index contributed by atoms with van der Waals surface area (Å²) in [5.74, 6) is -0.0779. The quantitative estimate of drug-likeness (QED) is 0.445. The van der Waals surface area contributed by atoms with Gasteiger partial charge in [0.15, 0.2) is 0 Å². The van der Waals surface area contributed by atoms with Crippen LogP contribution < -0.4 is 28.9 Å². The molecule has 92 valence electrons. The SMILES string of the molecule is O=C([O-])Cc1nc(=S)cc(N2CCOCC2)[nH]1.[Li+]. The molecule has 2 heterocycles. The molecule has 1 aliphatic rings. The first-order valence-corrected chi connectivity index (χ1v) is 5.69. The second-order valence-corrected chi connectivity index (χ2v) is 4.12. The van der Waals surface area contributed by atoms with Crippen LogP contribution in [0.5, 0.6) is 0 Å². The summed E-state index contributed by atoms with van der Waals surface area (Å²) in [5.41, 5.74) is 0. The van der Waals surface area contributed by atoms with Crippen LogP contribution >= 0.6 is 12.2 Å². The van der Waals surface area contributed by atoms with Crippen LogP contribution in [0.2, 0.25) is 0 Å². The molecule has 0 bridgehead atoms. The number of morpholine rings is 1. The number of carboxylic acids is 1. The van der Waals surface area contributed by atoms with E-state index in [1.54, 1.807) is 6.07 Å². The number of nitrogens with one attached hydrogen (secondary N) is 1. The number of anilines is 1. The van der Waals surface area contributed by atoms with E-state index in [4.69, 9.17) is 17.0 Å². The molecule has 1 aromatic rings. The van der Waals surface area contributed by atoms with Gasteiger partial charge in [-0.2, -0.15) is 0 Å². The molecule has 0 atom stereocenters. The van der Waals surface area contributed by atoms with Gasteiger partial charge in [0, 0.05) is 31.5 Å². The van der Waals surface area contributed by atoms with E-state index >= 15 is 0 Å². The summed E-state index contributed by atoms with van der Waals surface area (Å²) < 4.78 is 5.62. The normalized spacial score (nSPS) is 15.0. The van der Waals surface area contributed by atoms with Crippen molar-refractivity contribution >= 4 is 24.0 Å². The number of H-pyrrole nitrogens is 1. The predicted octanol–water partition coefficient (Wildman–Crippen LogP) is -3.73. The summed E-state index contributed by atoms with van der Waals surface area (Å²) in [6.07, 6.45) is -0.262. The van der Waals surface area contributed by atoms with E-state index in [1.165, 1.54) is 0 Å². The summed E-state index contributed by atoms with van der Waals surface area (Å²) in [6.45, 7) is 2.80. The van der Waals surface area contributed by atoms with Gasteiger partial charge in [0.25, 0.3) is 0 Å². The van der Waals surface area contributed by atoms with Crippen LogP contribution in [-0.2, 0) is 16.0 Å². The van der Waals surface area contributed by atoms with Crippen molar-refractivity contribution in [2.75, 3.05) is 31.2 Å². The van der Waals surface area contributed by atoms with Crippen molar-refractivity contribution in [3.63, 3.8) is 0 Å². The van der Waals surface area contributed by atoms with Gasteiger partial charge in [-0.25, -0.2) is 4.98 Å². The summed E-state index contributed by atoms with van der Waals surface area (Å²) in [4.78, 5) is 19.5. The zero-order valence-electron chi connectivity index (χ0n) is 10.1. The van der Waals surface area contributed by atoms with Gasteiger partial charge in [-0.05, 0) is 0 Å². The average molecular weight is 261 g/mol. The number of carbonyl (C=O) groups is 1. The maximum absolute atomic E-state index is 10.5. The molecule has 0 saturated carbocycles. The van der Waals surface area contributed by atoms with E-state index in [1.807, 2.05) is 0 Å². The maximum Gasteiger partial charge on any atom is 1.00 e. The molecule has 18 heavy (non-hydrogen) atoms. The van der Waals surface area contributed by atoms with Crippen LogP contribution in [0, 0.1) is 4.64 Å². The van der Waals surface area contributed by atoms with Gasteiger partial charge in [0.1, 0.15) is 16.3 Å². The number of aromatic nitrogens is 2. The van der Waals surface area contributed by atoms with E-state index in [0.717, 1.165) is 18.9 Å². The number of carboxylic acid groups (broad SMARTS) is 1. The van der Waals surface area contributed by atoms with Gasteiger partial charge < -0.3 is 24.5 Å². The first-order chi connectivity index (χ1) is 8.15. The van der Waals surface area contributed by atoms with Crippen LogP contribution in [-0.4, -0.2) is 42.2 Å². The van der Waals surface area contributed by atoms with Crippen LogP contribution in [0.1, 0.15) is 5.82 Å². The van der Waals surface area contributed by atoms with Crippen molar-refractivity contribution in [1.29, 1.82) is 0 Å². The van der Waals surface area contributed by atoms with Gasteiger partial charge >= 0.3 is 18.9 Å². The van der Waals surface area contributed by atoms with Crippen molar-refractivity contribution in [3.05, 3.63) is 16.5 Å². The zero-order chi connectivity index (χ0) is 12.3. The molecule has 1 N–H and O–H groups in total. The third kappa shape index (κ3) is 4.10. The van der Waals surface area contributed by atoms with Crippen LogP contribution in [0.4, 0.5) is 5.82 Å². The standard InChI is InChI=1S/C10H13N3O3S.Li/c14-10(15)5-7-11-8(6-9(17)12-7)13-1-3-16-4-2-13;/h6H,1-5H2,(H,14,15)(H,11,12,17);/q;+1/p-1. The fourth-order valence-corrected chi connectivity index (χ4v) is 1.91. The third-order valence-electron chi connectivity index (χ3n) is 2.44. The molecule has 6 nitrogen and oxygen atoms in total. The number of hydrogen-bond donors (Lipinski definition) is 1. The topological polar surface area (TPSA) is 81.3 Å². The maximum atomic E-state index is 10.5. The smallest absolute Gasteiger partial charge is 0.550 e.